The van der Waals surface area contributed by atoms with E-state index >= 15 is 0 Å². The highest BCUT2D eigenvalue weighted by Gasteiger charge is 2.72. The number of nitrogens with zero attached hydrogens (tertiary/aromatic N) is 2. The second kappa shape index (κ2) is 11.9. The second-order valence-electron chi connectivity index (χ2n) is 12.6. The standard InChI is InChI=1S/C31H40Cl2N4O4/c1-19-11-16-36(17-12-19)14-5-15-37-27(29(39)34-20-6-3-2-4-7-20)31-13-10-24(41-31)25(26(31)30(37)40)28(38)35-21-8-9-22(32)23(33)18-21/h8-10,13,18-20,24-27H,2-7,11-12,14-17H2,1H3,(H,34,39)(H,35,38)/t24-,25?,26-,27?,31?/m0/s1. The first-order chi connectivity index (χ1) is 19.8. The summed E-state index contributed by atoms with van der Waals surface area (Å²) in [7, 11) is 0. The van der Waals surface area contributed by atoms with Gasteiger partial charge in [-0.05, 0) is 75.9 Å². The molecule has 1 saturated carbocycles. The van der Waals surface area contributed by atoms with Gasteiger partial charge in [-0.15, -0.1) is 0 Å². The Labute approximate surface area is 252 Å². The lowest BCUT2D eigenvalue weighted by Crippen LogP contribution is -2.56. The predicted octanol–water partition coefficient (Wildman–Crippen LogP) is 4.65. The summed E-state index contributed by atoms with van der Waals surface area (Å²) >= 11 is 12.2. The molecule has 3 saturated heterocycles. The summed E-state index contributed by atoms with van der Waals surface area (Å²) in [6.45, 7) is 5.76. The van der Waals surface area contributed by atoms with Gasteiger partial charge in [-0.1, -0.05) is 61.5 Å². The topological polar surface area (TPSA) is 91.0 Å². The van der Waals surface area contributed by atoms with E-state index in [1.165, 1.54) is 19.3 Å². The van der Waals surface area contributed by atoms with E-state index in [0.29, 0.717) is 22.3 Å². The molecule has 4 aliphatic heterocycles. The Morgan fingerprint density at radius 3 is 2.51 bits per heavy atom. The molecule has 3 amide bonds. The minimum absolute atomic E-state index is 0.107. The summed E-state index contributed by atoms with van der Waals surface area (Å²) < 4.78 is 6.48. The number of amides is 3. The predicted molar refractivity (Wildman–Crippen MR) is 159 cm³/mol. The SMILES string of the molecule is CC1CCN(CCCN2C(=O)[C@@H]3C(C(=O)Nc4ccc(Cl)c(Cl)c4)[C@@H]4C=CC3(O4)C2C(=O)NC2CCCCC2)CC1. The molecule has 5 aliphatic rings. The summed E-state index contributed by atoms with van der Waals surface area (Å²) in [6.07, 6.45) is 11.6. The maximum atomic E-state index is 14.2. The minimum atomic E-state index is -1.15. The van der Waals surface area contributed by atoms with E-state index in [9.17, 15) is 14.4 Å². The second-order valence-corrected chi connectivity index (χ2v) is 13.4. The van der Waals surface area contributed by atoms with Crippen molar-refractivity contribution in [2.75, 3.05) is 31.5 Å². The molecule has 5 atom stereocenters. The zero-order chi connectivity index (χ0) is 28.7. The van der Waals surface area contributed by atoms with Gasteiger partial charge in [0.1, 0.15) is 11.6 Å². The van der Waals surface area contributed by atoms with Gasteiger partial charge < -0.3 is 25.2 Å². The zero-order valence-electron chi connectivity index (χ0n) is 23.6. The van der Waals surface area contributed by atoms with E-state index in [2.05, 4.69) is 22.5 Å². The molecule has 4 heterocycles. The number of hydrogen-bond acceptors (Lipinski definition) is 5. The number of fused-ring (bicyclic) bond motifs is 1. The molecule has 1 aromatic carbocycles. The van der Waals surface area contributed by atoms with Crippen LogP contribution in [0.15, 0.2) is 30.4 Å². The average Bonchev–Trinajstić information content (AvgIpc) is 3.60. The molecule has 1 aromatic rings. The molecule has 41 heavy (non-hydrogen) atoms. The Morgan fingerprint density at radius 1 is 1.02 bits per heavy atom. The number of ether oxygens (including phenoxy) is 1. The van der Waals surface area contributed by atoms with Crippen molar-refractivity contribution in [3.05, 3.63) is 40.4 Å². The lowest BCUT2D eigenvalue weighted by molar-refractivity contribution is -0.141. The van der Waals surface area contributed by atoms with Gasteiger partial charge in [0.25, 0.3) is 0 Å². The summed E-state index contributed by atoms with van der Waals surface area (Å²) in [4.78, 5) is 46.0. The molecule has 222 valence electrons. The Balaban J connectivity index is 1.23. The number of nitrogens with one attached hydrogen (secondary N) is 2. The number of rotatable bonds is 8. The van der Waals surface area contributed by atoms with E-state index in [4.69, 9.17) is 27.9 Å². The van der Waals surface area contributed by atoms with Gasteiger partial charge in [-0.25, -0.2) is 0 Å². The third-order valence-electron chi connectivity index (χ3n) is 9.81. The van der Waals surface area contributed by atoms with Gasteiger partial charge in [-0.2, -0.15) is 0 Å². The Hall–Kier alpha value is -2.13. The van der Waals surface area contributed by atoms with Gasteiger partial charge in [0, 0.05) is 18.3 Å². The van der Waals surface area contributed by atoms with Crippen molar-refractivity contribution < 1.29 is 19.1 Å². The van der Waals surface area contributed by atoms with Crippen LogP contribution in [0.2, 0.25) is 10.0 Å². The maximum Gasteiger partial charge on any atom is 0.246 e. The summed E-state index contributed by atoms with van der Waals surface area (Å²) in [5, 5.41) is 6.88. The molecular weight excluding hydrogens is 563 g/mol. The van der Waals surface area contributed by atoms with Crippen LogP contribution in [0.1, 0.15) is 58.3 Å². The zero-order valence-corrected chi connectivity index (χ0v) is 25.1. The highest BCUT2D eigenvalue weighted by atomic mass is 35.5. The number of halogens is 2. The third kappa shape index (κ3) is 5.53. The quantitative estimate of drug-likeness (QED) is 0.423. The summed E-state index contributed by atoms with van der Waals surface area (Å²) in [5.74, 6) is -1.44. The normalized spacial score (nSPS) is 32.0. The van der Waals surface area contributed by atoms with Crippen molar-refractivity contribution in [1.29, 1.82) is 0 Å². The van der Waals surface area contributed by atoms with Crippen LogP contribution >= 0.6 is 23.2 Å². The third-order valence-corrected chi connectivity index (χ3v) is 10.6. The molecular formula is C31H40Cl2N4O4. The molecule has 0 radical (unpaired) electrons. The molecule has 0 aromatic heterocycles. The first kappa shape index (κ1) is 29.0. The summed E-state index contributed by atoms with van der Waals surface area (Å²) in [6, 6.07) is 4.19. The molecule has 4 fully saturated rings. The highest BCUT2D eigenvalue weighted by molar-refractivity contribution is 6.42. The number of hydrogen-bond donors (Lipinski definition) is 2. The van der Waals surface area contributed by atoms with Crippen molar-refractivity contribution >= 4 is 46.6 Å². The van der Waals surface area contributed by atoms with E-state index < -0.39 is 29.6 Å². The Kier molecular flexibility index (Phi) is 8.38. The lowest BCUT2D eigenvalue weighted by Gasteiger charge is -2.35. The molecule has 1 spiro atoms. The molecule has 2 N–H and O–H groups in total. The van der Waals surface area contributed by atoms with Crippen molar-refractivity contribution in [2.45, 2.75) is 82.1 Å². The number of anilines is 1. The molecule has 8 nitrogen and oxygen atoms in total. The first-order valence-corrected chi connectivity index (χ1v) is 16.0. The largest absolute Gasteiger partial charge is 0.359 e. The van der Waals surface area contributed by atoms with Crippen molar-refractivity contribution in [1.82, 2.24) is 15.1 Å². The number of benzene rings is 1. The van der Waals surface area contributed by atoms with E-state index in [1.807, 2.05) is 12.2 Å². The first-order valence-electron chi connectivity index (χ1n) is 15.2. The molecule has 6 rings (SSSR count). The number of carbonyl (C=O) groups excluding carboxylic acids is 3. The van der Waals surface area contributed by atoms with Crippen molar-refractivity contribution in [3.63, 3.8) is 0 Å². The van der Waals surface area contributed by atoms with E-state index in [-0.39, 0.29) is 23.8 Å². The molecule has 1 aliphatic carbocycles. The van der Waals surface area contributed by atoms with Crippen LogP contribution in [-0.2, 0) is 19.1 Å². The molecule has 10 heteroatoms. The van der Waals surface area contributed by atoms with Gasteiger partial charge in [0.15, 0.2) is 0 Å². The summed E-state index contributed by atoms with van der Waals surface area (Å²) in [5.41, 5.74) is -0.657. The van der Waals surface area contributed by atoms with Crippen LogP contribution in [0.25, 0.3) is 0 Å². The van der Waals surface area contributed by atoms with Crippen LogP contribution < -0.4 is 10.6 Å². The van der Waals surface area contributed by atoms with Gasteiger partial charge >= 0.3 is 0 Å². The smallest absolute Gasteiger partial charge is 0.246 e. The van der Waals surface area contributed by atoms with Gasteiger partial charge in [0.05, 0.1) is 28.0 Å². The highest BCUT2D eigenvalue weighted by Crippen LogP contribution is 2.55. The van der Waals surface area contributed by atoms with Crippen LogP contribution in [0.3, 0.4) is 0 Å². The number of piperidine rings is 1. The lowest BCUT2D eigenvalue weighted by atomic mass is 9.74. The Morgan fingerprint density at radius 2 is 1.78 bits per heavy atom. The number of likely N-dealkylation sites (tertiary alicyclic amines) is 2. The van der Waals surface area contributed by atoms with Crippen molar-refractivity contribution in [2.24, 2.45) is 17.8 Å². The van der Waals surface area contributed by atoms with Gasteiger partial charge in [-0.3, -0.25) is 14.4 Å². The van der Waals surface area contributed by atoms with Crippen molar-refractivity contribution in [3.8, 4) is 0 Å². The average molecular weight is 604 g/mol. The molecule has 2 bridgehead atoms. The fourth-order valence-corrected chi connectivity index (χ4v) is 7.88. The van der Waals surface area contributed by atoms with E-state index in [0.717, 1.165) is 57.7 Å². The van der Waals surface area contributed by atoms with Crippen LogP contribution in [0.4, 0.5) is 5.69 Å². The maximum absolute atomic E-state index is 14.2. The fourth-order valence-electron chi connectivity index (χ4n) is 7.58. The number of carbonyl (C=O) groups is 3. The fraction of sp³-hybridized carbons (Fsp3) is 0.645. The monoisotopic (exact) mass is 602 g/mol. The van der Waals surface area contributed by atoms with Crippen LogP contribution in [-0.4, -0.2) is 77.5 Å². The molecule has 3 unspecified atom stereocenters. The van der Waals surface area contributed by atoms with Crippen LogP contribution in [0, 0.1) is 17.8 Å². The Bertz CT molecular complexity index is 1210. The minimum Gasteiger partial charge on any atom is -0.359 e. The van der Waals surface area contributed by atoms with Crippen LogP contribution in [0.5, 0.6) is 0 Å². The van der Waals surface area contributed by atoms with E-state index in [1.54, 1.807) is 23.1 Å². The van der Waals surface area contributed by atoms with Gasteiger partial charge in [0.2, 0.25) is 17.7 Å².